The van der Waals surface area contributed by atoms with Crippen molar-refractivity contribution in [2.75, 3.05) is 6.54 Å². The minimum atomic E-state index is -0.843. The van der Waals surface area contributed by atoms with E-state index in [1.54, 1.807) is 28.1 Å². The van der Waals surface area contributed by atoms with Crippen LogP contribution in [0.15, 0.2) is 17.8 Å². The van der Waals surface area contributed by atoms with Gasteiger partial charge in [-0.15, -0.1) is 11.3 Å². The molecule has 122 valence electrons. The van der Waals surface area contributed by atoms with E-state index in [0.717, 1.165) is 10.6 Å². The third-order valence-corrected chi connectivity index (χ3v) is 5.13. The first-order valence-corrected chi connectivity index (χ1v) is 8.33. The molecule has 1 saturated heterocycles. The van der Waals surface area contributed by atoms with Crippen LogP contribution in [0.3, 0.4) is 0 Å². The molecule has 23 heavy (non-hydrogen) atoms. The lowest BCUT2D eigenvalue weighted by Gasteiger charge is -2.37. The summed E-state index contributed by atoms with van der Waals surface area (Å²) in [6.45, 7) is 2.37. The Morgan fingerprint density at radius 3 is 2.87 bits per heavy atom. The zero-order valence-electron chi connectivity index (χ0n) is 13.0. The number of thiazole rings is 1. The van der Waals surface area contributed by atoms with E-state index in [1.165, 1.54) is 11.3 Å². The van der Waals surface area contributed by atoms with E-state index in [9.17, 15) is 14.7 Å². The molecule has 1 fully saturated rings. The Labute approximate surface area is 137 Å². The highest BCUT2D eigenvalue weighted by Crippen LogP contribution is 2.28. The molecule has 1 N–H and O–H groups in total. The Balaban J connectivity index is 1.80. The molecule has 0 saturated carbocycles. The lowest BCUT2D eigenvalue weighted by atomic mass is 9.90. The molecule has 1 aliphatic rings. The maximum absolute atomic E-state index is 12.7. The van der Waals surface area contributed by atoms with Gasteiger partial charge in [-0.1, -0.05) is 0 Å². The summed E-state index contributed by atoms with van der Waals surface area (Å²) in [7, 11) is 1.82. The number of aliphatic carboxylic acids is 1. The largest absolute Gasteiger partial charge is 0.481 e. The van der Waals surface area contributed by atoms with Crippen LogP contribution in [0.4, 0.5) is 0 Å². The molecule has 0 radical (unpaired) electrons. The normalized spacial score (nSPS) is 21.4. The van der Waals surface area contributed by atoms with Crippen LogP contribution >= 0.6 is 11.3 Å². The molecule has 0 aliphatic carbocycles. The van der Waals surface area contributed by atoms with E-state index >= 15 is 0 Å². The fourth-order valence-electron chi connectivity index (χ4n) is 2.94. The van der Waals surface area contributed by atoms with E-state index < -0.39 is 11.9 Å². The van der Waals surface area contributed by atoms with E-state index in [0.29, 0.717) is 25.1 Å². The predicted molar refractivity (Wildman–Crippen MR) is 85.2 cm³/mol. The molecule has 1 aliphatic heterocycles. The molecule has 7 nitrogen and oxygen atoms in total. The van der Waals surface area contributed by atoms with Gasteiger partial charge in [-0.3, -0.25) is 14.3 Å². The standard InChI is InChI=1S/C15H18N4O3S/c1-9-11(15(21)22)4-3-5-19(9)14(20)12-8-23-13(17-12)10-6-16-18(2)7-10/h6-9,11H,3-5H2,1-2H3,(H,21,22)/t9-,11-/m1/s1. The van der Waals surface area contributed by atoms with Gasteiger partial charge in [0, 0.05) is 36.8 Å². The maximum Gasteiger partial charge on any atom is 0.308 e. The molecular formula is C15H18N4O3S. The van der Waals surface area contributed by atoms with E-state index in [2.05, 4.69) is 10.1 Å². The van der Waals surface area contributed by atoms with Gasteiger partial charge in [-0.25, -0.2) is 4.98 Å². The quantitative estimate of drug-likeness (QED) is 0.926. The van der Waals surface area contributed by atoms with Crippen LogP contribution in [0, 0.1) is 5.92 Å². The average molecular weight is 334 g/mol. The van der Waals surface area contributed by atoms with Gasteiger partial charge in [-0.2, -0.15) is 5.10 Å². The summed E-state index contributed by atoms with van der Waals surface area (Å²) in [5.41, 5.74) is 1.23. The SMILES string of the molecule is C[C@@H]1[C@H](C(=O)O)CCCN1C(=O)c1csc(-c2cnn(C)c2)n1. The van der Waals surface area contributed by atoms with Gasteiger partial charge < -0.3 is 10.0 Å². The van der Waals surface area contributed by atoms with Crippen LogP contribution in [-0.4, -0.2) is 49.2 Å². The summed E-state index contributed by atoms with van der Waals surface area (Å²) >= 11 is 1.39. The lowest BCUT2D eigenvalue weighted by Crippen LogP contribution is -2.49. The first kappa shape index (κ1) is 15.7. The number of carboxylic acids is 1. The molecule has 3 heterocycles. The highest BCUT2D eigenvalue weighted by molar-refractivity contribution is 7.13. The topological polar surface area (TPSA) is 88.3 Å². The van der Waals surface area contributed by atoms with Gasteiger partial charge in [0.15, 0.2) is 0 Å². The number of hydrogen-bond acceptors (Lipinski definition) is 5. The molecule has 0 bridgehead atoms. The first-order chi connectivity index (χ1) is 11.0. The fraction of sp³-hybridized carbons (Fsp3) is 0.467. The van der Waals surface area contributed by atoms with E-state index in [4.69, 9.17) is 0 Å². The van der Waals surface area contributed by atoms with E-state index in [-0.39, 0.29) is 11.9 Å². The van der Waals surface area contributed by atoms with Gasteiger partial charge in [0.2, 0.25) is 0 Å². The van der Waals surface area contributed by atoms with Gasteiger partial charge in [0.25, 0.3) is 5.91 Å². The molecule has 0 aromatic carbocycles. The number of aryl methyl sites for hydroxylation is 1. The number of rotatable bonds is 3. The molecule has 2 aromatic heterocycles. The second-order valence-corrected chi connectivity index (χ2v) is 6.62. The van der Waals surface area contributed by atoms with E-state index in [1.807, 2.05) is 13.2 Å². The van der Waals surface area contributed by atoms with Crippen molar-refractivity contribution in [3.8, 4) is 10.6 Å². The van der Waals surface area contributed by atoms with Crippen molar-refractivity contribution in [2.45, 2.75) is 25.8 Å². The molecule has 8 heteroatoms. The summed E-state index contributed by atoms with van der Waals surface area (Å²) < 4.78 is 1.68. The Morgan fingerprint density at radius 1 is 1.43 bits per heavy atom. The number of carboxylic acid groups (broad SMARTS) is 1. The number of carbonyl (C=O) groups is 2. The third-order valence-electron chi connectivity index (χ3n) is 4.24. The van der Waals surface area contributed by atoms with Crippen molar-refractivity contribution in [3.63, 3.8) is 0 Å². The molecule has 1 amide bonds. The summed E-state index contributed by atoms with van der Waals surface area (Å²) in [6, 6.07) is -0.322. The first-order valence-electron chi connectivity index (χ1n) is 7.45. The number of likely N-dealkylation sites (tertiary alicyclic amines) is 1. The van der Waals surface area contributed by atoms with Crippen molar-refractivity contribution in [1.82, 2.24) is 19.7 Å². The Morgan fingerprint density at radius 2 is 2.22 bits per heavy atom. The van der Waals surface area contributed by atoms with Gasteiger partial charge in [0.1, 0.15) is 10.7 Å². The van der Waals surface area contributed by atoms with Gasteiger partial charge in [-0.05, 0) is 19.8 Å². The monoisotopic (exact) mass is 334 g/mol. The number of piperidine rings is 1. The summed E-state index contributed by atoms with van der Waals surface area (Å²) in [5.74, 6) is -1.55. The molecule has 2 aromatic rings. The number of aromatic nitrogens is 3. The van der Waals surface area contributed by atoms with Gasteiger partial charge in [0.05, 0.1) is 12.1 Å². The second kappa shape index (κ2) is 6.11. The molecule has 0 unspecified atom stereocenters. The Hall–Kier alpha value is -2.22. The van der Waals surface area contributed by atoms with Crippen molar-refractivity contribution >= 4 is 23.2 Å². The predicted octanol–water partition coefficient (Wildman–Crippen LogP) is 1.87. The summed E-state index contributed by atoms with van der Waals surface area (Å²) in [5, 5.41) is 15.8. The van der Waals surface area contributed by atoms with Crippen LogP contribution in [0.5, 0.6) is 0 Å². The Kier molecular flexibility index (Phi) is 4.16. The van der Waals surface area contributed by atoms with Gasteiger partial charge >= 0.3 is 5.97 Å². The number of amides is 1. The maximum atomic E-state index is 12.7. The lowest BCUT2D eigenvalue weighted by molar-refractivity contribution is -0.144. The van der Waals surface area contributed by atoms with Crippen molar-refractivity contribution in [2.24, 2.45) is 13.0 Å². The second-order valence-electron chi connectivity index (χ2n) is 5.77. The number of nitrogens with zero attached hydrogens (tertiary/aromatic N) is 4. The summed E-state index contributed by atoms with van der Waals surface area (Å²) in [4.78, 5) is 30.0. The zero-order valence-corrected chi connectivity index (χ0v) is 13.8. The minimum Gasteiger partial charge on any atom is -0.481 e. The average Bonchev–Trinajstić information content (AvgIpc) is 3.15. The van der Waals surface area contributed by atoms with Crippen LogP contribution in [-0.2, 0) is 11.8 Å². The third kappa shape index (κ3) is 2.98. The molecular weight excluding hydrogens is 316 g/mol. The fourth-order valence-corrected chi connectivity index (χ4v) is 3.71. The van der Waals surface area contributed by atoms with Crippen LogP contribution in [0.1, 0.15) is 30.3 Å². The molecule has 3 rings (SSSR count). The van der Waals surface area contributed by atoms with Crippen LogP contribution in [0.2, 0.25) is 0 Å². The van der Waals surface area contributed by atoms with Crippen LogP contribution < -0.4 is 0 Å². The van der Waals surface area contributed by atoms with Crippen LogP contribution in [0.25, 0.3) is 10.6 Å². The molecule has 2 atom stereocenters. The highest BCUT2D eigenvalue weighted by Gasteiger charge is 2.36. The van der Waals surface area contributed by atoms with Crippen molar-refractivity contribution in [1.29, 1.82) is 0 Å². The number of hydrogen-bond donors (Lipinski definition) is 1. The smallest absolute Gasteiger partial charge is 0.308 e. The zero-order chi connectivity index (χ0) is 16.6. The molecule has 0 spiro atoms. The van der Waals surface area contributed by atoms with Crippen molar-refractivity contribution in [3.05, 3.63) is 23.5 Å². The van der Waals surface area contributed by atoms with Crippen molar-refractivity contribution < 1.29 is 14.7 Å². The highest BCUT2D eigenvalue weighted by atomic mass is 32.1. The minimum absolute atomic E-state index is 0.199. The number of carbonyl (C=O) groups excluding carboxylic acids is 1. The summed E-state index contributed by atoms with van der Waals surface area (Å²) in [6.07, 6.45) is 4.86. The Bertz CT molecular complexity index is 739.